The number of anilines is 1. The molecule has 0 atom stereocenters. The highest BCUT2D eigenvalue weighted by Crippen LogP contribution is 2.33. The molecule has 0 bridgehead atoms. The van der Waals surface area contributed by atoms with Crippen LogP contribution < -0.4 is 14.4 Å². The van der Waals surface area contributed by atoms with Crippen LogP contribution in [0.4, 0.5) is 5.13 Å². The SMILES string of the molecule is COc1ccc(CC(=O)N(CCN(C)C)c2nc3c(S(C)(=O)=O)cccc3s2)cc1OC. The summed E-state index contributed by atoms with van der Waals surface area (Å²) >= 11 is 1.31. The van der Waals surface area contributed by atoms with Crippen LogP contribution in [0.5, 0.6) is 11.5 Å². The lowest BCUT2D eigenvalue weighted by molar-refractivity contribution is -0.118. The van der Waals surface area contributed by atoms with Gasteiger partial charge in [-0.1, -0.05) is 23.5 Å². The van der Waals surface area contributed by atoms with Gasteiger partial charge in [0.25, 0.3) is 0 Å². The number of rotatable bonds is 9. The van der Waals surface area contributed by atoms with Gasteiger partial charge in [-0.2, -0.15) is 0 Å². The number of aromatic nitrogens is 1. The molecular weight excluding hydrogens is 450 g/mol. The molecule has 172 valence electrons. The molecule has 0 unspecified atom stereocenters. The highest BCUT2D eigenvalue weighted by atomic mass is 32.2. The molecule has 0 aliphatic rings. The van der Waals surface area contributed by atoms with E-state index in [-0.39, 0.29) is 17.2 Å². The second-order valence-electron chi connectivity index (χ2n) is 7.59. The van der Waals surface area contributed by atoms with E-state index in [2.05, 4.69) is 4.98 Å². The van der Waals surface area contributed by atoms with E-state index in [1.54, 1.807) is 37.3 Å². The number of likely N-dealkylation sites (N-methyl/N-ethyl adjacent to an activating group) is 1. The summed E-state index contributed by atoms with van der Waals surface area (Å²) in [6.07, 6.45) is 1.30. The van der Waals surface area contributed by atoms with E-state index in [1.807, 2.05) is 31.1 Å². The lowest BCUT2D eigenvalue weighted by atomic mass is 10.1. The Balaban J connectivity index is 1.97. The van der Waals surface area contributed by atoms with Crippen LogP contribution in [0, 0.1) is 0 Å². The number of thiazole rings is 1. The second-order valence-corrected chi connectivity index (χ2v) is 10.6. The standard InChI is InChI=1S/C22H27N3O5S2/c1-24(2)11-12-25(20(26)14-15-9-10-16(29-3)17(13-15)30-4)22-23-21-18(31-22)7-6-8-19(21)32(5,27)28/h6-10,13H,11-12,14H2,1-5H3. The fourth-order valence-corrected chi connectivity index (χ4v) is 5.15. The van der Waals surface area contributed by atoms with Gasteiger partial charge in [0, 0.05) is 19.3 Å². The Morgan fingerprint density at radius 2 is 1.78 bits per heavy atom. The Morgan fingerprint density at radius 3 is 2.41 bits per heavy atom. The van der Waals surface area contributed by atoms with Gasteiger partial charge in [0.1, 0.15) is 5.52 Å². The fraction of sp³-hybridized carbons (Fsp3) is 0.364. The number of methoxy groups -OCH3 is 2. The first kappa shape index (κ1) is 24.0. The van der Waals surface area contributed by atoms with Crippen LogP contribution in [0.1, 0.15) is 5.56 Å². The normalized spacial score (nSPS) is 11.7. The van der Waals surface area contributed by atoms with Gasteiger partial charge in [-0.25, -0.2) is 13.4 Å². The number of fused-ring (bicyclic) bond motifs is 1. The van der Waals surface area contributed by atoms with Crippen LogP contribution in [0.15, 0.2) is 41.3 Å². The Morgan fingerprint density at radius 1 is 1.06 bits per heavy atom. The van der Waals surface area contributed by atoms with E-state index in [9.17, 15) is 13.2 Å². The van der Waals surface area contributed by atoms with Gasteiger partial charge in [0.15, 0.2) is 26.5 Å². The van der Waals surface area contributed by atoms with E-state index < -0.39 is 9.84 Å². The number of benzene rings is 2. The molecule has 10 heteroatoms. The molecule has 0 aliphatic heterocycles. The number of carbonyl (C=O) groups excluding carboxylic acids is 1. The number of hydrogen-bond acceptors (Lipinski definition) is 8. The van der Waals surface area contributed by atoms with Crippen molar-refractivity contribution in [3.05, 3.63) is 42.0 Å². The number of amides is 1. The van der Waals surface area contributed by atoms with Crippen molar-refractivity contribution in [1.29, 1.82) is 0 Å². The quantitative estimate of drug-likeness (QED) is 0.468. The number of hydrogen-bond donors (Lipinski definition) is 0. The van der Waals surface area contributed by atoms with Crippen molar-refractivity contribution in [2.45, 2.75) is 11.3 Å². The summed E-state index contributed by atoms with van der Waals surface area (Å²) in [5.74, 6) is 1.00. The van der Waals surface area contributed by atoms with Gasteiger partial charge in [-0.15, -0.1) is 0 Å². The molecule has 0 radical (unpaired) electrons. The summed E-state index contributed by atoms with van der Waals surface area (Å²) in [5, 5.41) is 0.475. The first-order valence-electron chi connectivity index (χ1n) is 9.89. The summed E-state index contributed by atoms with van der Waals surface area (Å²) in [6.45, 7) is 1.06. The Kier molecular flexibility index (Phi) is 7.37. The number of sulfone groups is 1. The minimum Gasteiger partial charge on any atom is -0.493 e. The molecule has 0 aliphatic carbocycles. The van der Waals surface area contributed by atoms with Crippen molar-refractivity contribution in [2.24, 2.45) is 0 Å². The van der Waals surface area contributed by atoms with Crippen molar-refractivity contribution in [3.63, 3.8) is 0 Å². The van der Waals surface area contributed by atoms with Crippen LogP contribution in [-0.4, -0.2) is 71.9 Å². The summed E-state index contributed by atoms with van der Waals surface area (Å²) in [6, 6.07) is 10.4. The number of carbonyl (C=O) groups is 1. The van der Waals surface area contributed by atoms with Gasteiger partial charge in [-0.05, 0) is 43.9 Å². The zero-order valence-electron chi connectivity index (χ0n) is 18.8. The lowest BCUT2D eigenvalue weighted by Gasteiger charge is -2.22. The maximum atomic E-state index is 13.3. The number of nitrogens with zero attached hydrogens (tertiary/aromatic N) is 3. The van der Waals surface area contributed by atoms with E-state index >= 15 is 0 Å². The average molecular weight is 478 g/mol. The highest BCUT2D eigenvalue weighted by molar-refractivity contribution is 7.91. The lowest BCUT2D eigenvalue weighted by Crippen LogP contribution is -2.37. The molecule has 1 heterocycles. The van der Waals surface area contributed by atoms with Crippen LogP contribution in [-0.2, 0) is 21.1 Å². The monoisotopic (exact) mass is 477 g/mol. The van der Waals surface area contributed by atoms with E-state index in [0.29, 0.717) is 35.2 Å². The predicted molar refractivity (Wildman–Crippen MR) is 127 cm³/mol. The second kappa shape index (κ2) is 9.85. The predicted octanol–water partition coefficient (Wildman–Crippen LogP) is 2.85. The van der Waals surface area contributed by atoms with Crippen LogP contribution in [0.25, 0.3) is 10.2 Å². The maximum Gasteiger partial charge on any atom is 0.233 e. The fourth-order valence-electron chi connectivity index (χ4n) is 3.21. The highest BCUT2D eigenvalue weighted by Gasteiger charge is 2.23. The van der Waals surface area contributed by atoms with Crippen LogP contribution in [0.3, 0.4) is 0 Å². The minimum absolute atomic E-state index is 0.140. The third kappa shape index (κ3) is 5.37. The summed E-state index contributed by atoms with van der Waals surface area (Å²) in [5.41, 5.74) is 1.17. The van der Waals surface area contributed by atoms with E-state index in [0.717, 1.165) is 16.5 Å². The Hall–Kier alpha value is -2.69. The number of para-hydroxylation sites is 1. The zero-order chi connectivity index (χ0) is 23.5. The van der Waals surface area contributed by atoms with Gasteiger partial charge in [-0.3, -0.25) is 9.69 Å². The van der Waals surface area contributed by atoms with Crippen molar-refractivity contribution >= 4 is 42.4 Å². The van der Waals surface area contributed by atoms with Crippen LogP contribution in [0.2, 0.25) is 0 Å². The van der Waals surface area contributed by atoms with Crippen molar-refractivity contribution < 1.29 is 22.7 Å². The molecule has 2 aromatic carbocycles. The molecule has 3 aromatic rings. The topological polar surface area (TPSA) is 89.0 Å². The first-order chi connectivity index (χ1) is 15.1. The summed E-state index contributed by atoms with van der Waals surface area (Å²) in [7, 11) is 3.52. The van der Waals surface area contributed by atoms with Crippen molar-refractivity contribution in [3.8, 4) is 11.5 Å². The third-order valence-electron chi connectivity index (χ3n) is 4.88. The van der Waals surface area contributed by atoms with Crippen molar-refractivity contribution in [2.75, 3.05) is 52.6 Å². The molecular formula is C22H27N3O5S2. The largest absolute Gasteiger partial charge is 0.493 e. The summed E-state index contributed by atoms with van der Waals surface area (Å²) in [4.78, 5) is 21.6. The first-order valence-corrected chi connectivity index (χ1v) is 12.6. The smallest absolute Gasteiger partial charge is 0.233 e. The molecule has 0 saturated heterocycles. The molecule has 8 nitrogen and oxygen atoms in total. The van der Waals surface area contributed by atoms with Gasteiger partial charge in [0.05, 0.1) is 30.2 Å². The van der Waals surface area contributed by atoms with Crippen molar-refractivity contribution in [1.82, 2.24) is 9.88 Å². The molecule has 0 N–H and O–H groups in total. The van der Waals surface area contributed by atoms with E-state index in [4.69, 9.17) is 9.47 Å². The molecule has 0 saturated carbocycles. The maximum absolute atomic E-state index is 13.3. The Bertz CT molecular complexity index is 1220. The molecule has 0 fully saturated rings. The van der Waals surface area contributed by atoms with E-state index in [1.165, 1.54) is 17.4 Å². The zero-order valence-corrected chi connectivity index (χ0v) is 20.4. The molecule has 1 aromatic heterocycles. The van der Waals surface area contributed by atoms with Gasteiger partial charge >= 0.3 is 0 Å². The average Bonchev–Trinajstić information content (AvgIpc) is 3.16. The molecule has 0 spiro atoms. The van der Waals surface area contributed by atoms with Crippen LogP contribution >= 0.6 is 11.3 Å². The summed E-state index contributed by atoms with van der Waals surface area (Å²) < 4.78 is 35.7. The minimum atomic E-state index is -3.44. The number of ether oxygens (including phenoxy) is 2. The Labute approximate surface area is 192 Å². The molecule has 32 heavy (non-hydrogen) atoms. The van der Waals surface area contributed by atoms with Gasteiger partial charge < -0.3 is 14.4 Å². The molecule has 3 rings (SSSR count). The third-order valence-corrected chi connectivity index (χ3v) is 7.05. The molecule has 1 amide bonds. The van der Waals surface area contributed by atoms with Gasteiger partial charge in [0.2, 0.25) is 5.91 Å².